The molecule has 0 saturated carbocycles. The molecule has 2 aliphatic rings. The van der Waals surface area contributed by atoms with Gasteiger partial charge in [0.15, 0.2) is 5.84 Å². The first kappa shape index (κ1) is 26.7. The van der Waals surface area contributed by atoms with Gasteiger partial charge in [-0.15, -0.1) is 0 Å². The second-order valence-electron chi connectivity index (χ2n) is 8.79. The van der Waals surface area contributed by atoms with Crippen molar-refractivity contribution in [3.63, 3.8) is 0 Å². The van der Waals surface area contributed by atoms with E-state index in [9.17, 15) is 9.18 Å². The second kappa shape index (κ2) is 12.3. The van der Waals surface area contributed by atoms with Gasteiger partial charge in [0.25, 0.3) is 0 Å². The summed E-state index contributed by atoms with van der Waals surface area (Å²) in [5.41, 5.74) is 2.74. The van der Waals surface area contributed by atoms with Gasteiger partial charge in [0.2, 0.25) is 0 Å². The maximum atomic E-state index is 13.9. The summed E-state index contributed by atoms with van der Waals surface area (Å²) in [4.78, 5) is 26.9. The first-order chi connectivity index (χ1) is 18.5. The van der Waals surface area contributed by atoms with Crippen LogP contribution in [0, 0.1) is 5.82 Å². The summed E-state index contributed by atoms with van der Waals surface area (Å²) in [6.45, 7) is 3.23. The Hall–Kier alpha value is -2.86. The van der Waals surface area contributed by atoms with Crippen molar-refractivity contribution in [1.82, 2.24) is 14.8 Å². The molecule has 0 spiro atoms. The van der Waals surface area contributed by atoms with Crippen molar-refractivity contribution in [2.75, 3.05) is 32.8 Å². The van der Waals surface area contributed by atoms with Crippen LogP contribution in [0.25, 0.3) is 0 Å². The highest BCUT2D eigenvalue weighted by molar-refractivity contribution is 14.1. The average molecular weight is 647 g/mol. The molecule has 1 fully saturated rings. The fourth-order valence-corrected chi connectivity index (χ4v) is 5.49. The fourth-order valence-electron chi connectivity index (χ4n) is 4.33. The first-order valence-electron chi connectivity index (χ1n) is 12.1. The zero-order valence-corrected chi connectivity index (χ0v) is 23.3. The van der Waals surface area contributed by atoms with Crippen LogP contribution in [0.3, 0.4) is 0 Å². The predicted molar refractivity (Wildman–Crippen MR) is 152 cm³/mol. The number of aromatic nitrogens is 1. The third kappa shape index (κ3) is 6.06. The molecule has 38 heavy (non-hydrogen) atoms. The summed E-state index contributed by atoms with van der Waals surface area (Å²) < 4.78 is 26.0. The monoisotopic (exact) mass is 646 g/mol. The number of carbonyl (C=O) groups excluding carboxylic acids is 1. The highest BCUT2D eigenvalue weighted by Crippen LogP contribution is 2.42. The van der Waals surface area contributed by atoms with Gasteiger partial charge in [-0.05, 0) is 52.4 Å². The molecule has 10 heteroatoms. The first-order valence-corrected chi connectivity index (χ1v) is 13.6. The van der Waals surface area contributed by atoms with Crippen LogP contribution >= 0.6 is 34.2 Å². The number of amidine groups is 1. The van der Waals surface area contributed by atoms with Crippen LogP contribution in [0.2, 0.25) is 5.02 Å². The number of amides is 1. The van der Waals surface area contributed by atoms with Gasteiger partial charge in [-0.25, -0.2) is 14.1 Å². The zero-order valence-electron chi connectivity index (χ0n) is 20.4. The van der Waals surface area contributed by atoms with Crippen molar-refractivity contribution in [3.05, 3.63) is 110 Å². The number of rotatable bonds is 6. The lowest BCUT2D eigenvalue weighted by Crippen LogP contribution is -2.46. The van der Waals surface area contributed by atoms with Gasteiger partial charge in [0.1, 0.15) is 24.2 Å². The van der Waals surface area contributed by atoms with Gasteiger partial charge < -0.3 is 9.47 Å². The minimum Gasteiger partial charge on any atom is -0.444 e. The lowest BCUT2D eigenvalue weighted by atomic mass is 10.0. The number of ether oxygens (including phenoxy) is 2. The van der Waals surface area contributed by atoms with E-state index in [1.165, 1.54) is 17.0 Å². The molecule has 1 amide bonds. The molecule has 1 aromatic heterocycles. The molecule has 196 valence electrons. The van der Waals surface area contributed by atoms with Crippen molar-refractivity contribution in [3.8, 4) is 0 Å². The summed E-state index contributed by atoms with van der Waals surface area (Å²) in [5.74, 6) is -0.0835. The molecular weight excluding hydrogens is 622 g/mol. The highest BCUT2D eigenvalue weighted by Gasteiger charge is 2.37. The molecule has 2 aliphatic heterocycles. The van der Waals surface area contributed by atoms with Crippen LogP contribution in [0.4, 0.5) is 9.18 Å². The molecule has 0 bridgehead atoms. The molecule has 5 rings (SSSR count). The number of hydrogen-bond acceptors (Lipinski definition) is 6. The average Bonchev–Trinajstić information content (AvgIpc) is 2.94. The summed E-state index contributed by atoms with van der Waals surface area (Å²) in [6.07, 6.45) is 1.09. The van der Waals surface area contributed by atoms with Crippen molar-refractivity contribution in [2.45, 2.75) is 12.6 Å². The van der Waals surface area contributed by atoms with E-state index in [2.05, 4.69) is 32.5 Å². The third-order valence-electron chi connectivity index (χ3n) is 6.26. The van der Waals surface area contributed by atoms with E-state index in [-0.39, 0.29) is 11.6 Å². The molecular formula is C28H25ClFIN4O3. The van der Waals surface area contributed by atoms with E-state index in [0.717, 1.165) is 22.2 Å². The molecule has 0 N–H and O–H groups in total. The Bertz CT molecular complexity index is 1350. The van der Waals surface area contributed by atoms with E-state index in [1.807, 2.05) is 36.4 Å². The second-order valence-corrected chi connectivity index (χ2v) is 10.4. The Labute approximate surface area is 239 Å². The standard InChI is InChI=1S/C28H25ClFIN4O3/c29-22-16-20(30)9-10-21(22)26-25(31)24(17-34-12-14-37-15-13-34)35(27(33-26)23-8-4-5-11-32-23)28(36)38-18-19-6-2-1-3-7-19/h1-11,16,26H,12-15,17-18H2. The van der Waals surface area contributed by atoms with Crippen LogP contribution in [0.15, 0.2) is 87.2 Å². The van der Waals surface area contributed by atoms with Gasteiger partial charge in [-0.1, -0.05) is 54.1 Å². The van der Waals surface area contributed by atoms with Gasteiger partial charge in [-0.3, -0.25) is 14.9 Å². The van der Waals surface area contributed by atoms with Crippen LogP contribution in [-0.4, -0.2) is 59.6 Å². The molecule has 2 aromatic carbocycles. The SMILES string of the molecule is O=C(OCc1ccccc1)N1C(c2ccccn2)=NC(c2ccc(F)cc2Cl)C(I)=C1CN1CCOCC1. The molecule has 7 nitrogen and oxygen atoms in total. The number of carbonyl (C=O) groups is 1. The lowest BCUT2D eigenvalue weighted by Gasteiger charge is -2.36. The van der Waals surface area contributed by atoms with E-state index in [1.54, 1.807) is 24.4 Å². The number of aliphatic imine (C=N–C) groups is 1. The largest absolute Gasteiger partial charge is 0.444 e. The minimum atomic E-state index is -0.556. The van der Waals surface area contributed by atoms with Crippen molar-refractivity contribution in [1.29, 1.82) is 0 Å². The summed E-state index contributed by atoms with van der Waals surface area (Å²) in [5, 5.41) is 0.263. The quantitative estimate of drug-likeness (QED) is 0.308. The Morgan fingerprint density at radius 2 is 1.87 bits per heavy atom. The normalized spacial score (nSPS) is 18.3. The number of benzene rings is 2. The number of pyridine rings is 1. The van der Waals surface area contributed by atoms with Crippen molar-refractivity contribution < 1.29 is 18.7 Å². The van der Waals surface area contributed by atoms with Crippen molar-refractivity contribution in [2.24, 2.45) is 4.99 Å². The third-order valence-corrected chi connectivity index (χ3v) is 7.80. The Morgan fingerprint density at radius 1 is 1.11 bits per heavy atom. The Morgan fingerprint density at radius 3 is 2.58 bits per heavy atom. The number of halogens is 3. The number of morpholine rings is 1. The summed E-state index contributed by atoms with van der Waals surface area (Å²) in [7, 11) is 0. The van der Waals surface area contributed by atoms with Gasteiger partial charge in [-0.2, -0.15) is 0 Å². The van der Waals surface area contributed by atoms with Crippen molar-refractivity contribution >= 4 is 46.1 Å². The maximum absolute atomic E-state index is 13.9. The maximum Gasteiger partial charge on any atom is 0.420 e. The molecule has 0 radical (unpaired) electrons. The number of hydrogen-bond donors (Lipinski definition) is 0. The molecule has 0 aliphatic carbocycles. The molecule has 1 saturated heterocycles. The highest BCUT2D eigenvalue weighted by atomic mass is 127. The van der Waals surface area contributed by atoms with E-state index >= 15 is 0 Å². The van der Waals surface area contributed by atoms with Crippen LogP contribution in [0.1, 0.15) is 22.9 Å². The van der Waals surface area contributed by atoms with Gasteiger partial charge in [0, 0.05) is 40.0 Å². The van der Waals surface area contributed by atoms with E-state index in [4.69, 9.17) is 26.1 Å². The molecule has 1 atom stereocenters. The molecule has 3 aromatic rings. The number of nitrogens with zero attached hydrogens (tertiary/aromatic N) is 4. The summed E-state index contributed by atoms with van der Waals surface area (Å²) in [6, 6.07) is 18.7. The molecule has 1 unspecified atom stereocenters. The van der Waals surface area contributed by atoms with Gasteiger partial charge in [0.05, 0.1) is 18.9 Å². The lowest BCUT2D eigenvalue weighted by molar-refractivity contribution is 0.0396. The van der Waals surface area contributed by atoms with Crippen LogP contribution < -0.4 is 0 Å². The fraction of sp³-hybridized carbons (Fsp3) is 0.250. The van der Waals surface area contributed by atoms with Gasteiger partial charge >= 0.3 is 6.09 Å². The van der Waals surface area contributed by atoms with Crippen LogP contribution in [-0.2, 0) is 16.1 Å². The van der Waals surface area contributed by atoms with Crippen LogP contribution in [0.5, 0.6) is 0 Å². The smallest absolute Gasteiger partial charge is 0.420 e. The van der Waals surface area contributed by atoms with E-state index < -0.39 is 18.0 Å². The predicted octanol–water partition coefficient (Wildman–Crippen LogP) is 5.99. The Kier molecular flexibility index (Phi) is 8.68. The molecule has 3 heterocycles. The van der Waals surface area contributed by atoms with E-state index in [0.29, 0.717) is 42.5 Å². The minimum absolute atomic E-state index is 0.111. The Balaban J connectivity index is 1.58. The zero-order chi connectivity index (χ0) is 26.5. The topological polar surface area (TPSA) is 67.3 Å². The summed E-state index contributed by atoms with van der Waals surface area (Å²) >= 11 is 8.71.